The Kier molecular flexibility index (Phi) is 6.14. The van der Waals surface area contributed by atoms with Gasteiger partial charge in [0.1, 0.15) is 11.4 Å². The van der Waals surface area contributed by atoms with E-state index in [2.05, 4.69) is 5.32 Å². The monoisotopic (exact) mass is 348 g/mol. The quantitative estimate of drug-likeness (QED) is 0.458. The molecule has 0 aliphatic heterocycles. The standard InChI is InChI=1S/C17H17ClN2O4/c1-12-11-13(8-9-14(12)18)24-10-4-7-17(21)19-15-5-2-3-6-16(15)20(22)23/h2-3,5-6,8-9,11H,4,7,10H2,1H3,(H,19,21). The number of nitro benzene ring substituents is 1. The van der Waals surface area contributed by atoms with Crippen LogP contribution in [-0.4, -0.2) is 17.4 Å². The number of aryl methyl sites for hydroxylation is 1. The number of amides is 1. The van der Waals surface area contributed by atoms with Gasteiger partial charge in [0, 0.05) is 17.5 Å². The van der Waals surface area contributed by atoms with Gasteiger partial charge in [-0.05, 0) is 43.2 Å². The Morgan fingerprint density at radius 2 is 2.04 bits per heavy atom. The van der Waals surface area contributed by atoms with E-state index in [1.165, 1.54) is 12.1 Å². The molecule has 1 N–H and O–H groups in total. The van der Waals surface area contributed by atoms with E-state index in [1.54, 1.807) is 24.3 Å². The fourth-order valence-electron chi connectivity index (χ4n) is 2.08. The number of hydrogen-bond donors (Lipinski definition) is 1. The highest BCUT2D eigenvalue weighted by Crippen LogP contribution is 2.23. The molecule has 0 saturated carbocycles. The highest BCUT2D eigenvalue weighted by Gasteiger charge is 2.14. The Morgan fingerprint density at radius 3 is 2.75 bits per heavy atom. The molecule has 0 atom stereocenters. The van der Waals surface area contributed by atoms with E-state index in [0.29, 0.717) is 23.8 Å². The number of halogens is 1. The maximum absolute atomic E-state index is 11.9. The molecule has 0 aromatic heterocycles. The first-order valence-corrected chi connectivity index (χ1v) is 7.77. The second kappa shape index (κ2) is 8.31. The number of para-hydroxylation sites is 2. The molecule has 0 saturated heterocycles. The molecule has 0 unspecified atom stereocenters. The first-order chi connectivity index (χ1) is 11.5. The van der Waals surface area contributed by atoms with Gasteiger partial charge >= 0.3 is 0 Å². The number of hydrogen-bond acceptors (Lipinski definition) is 4. The lowest BCUT2D eigenvalue weighted by atomic mass is 10.2. The number of carbonyl (C=O) groups is 1. The predicted octanol–water partition coefficient (Wildman–Crippen LogP) is 4.35. The summed E-state index contributed by atoms with van der Waals surface area (Å²) >= 11 is 5.94. The smallest absolute Gasteiger partial charge is 0.292 e. The molecular weight excluding hydrogens is 332 g/mol. The number of benzene rings is 2. The van der Waals surface area contributed by atoms with E-state index in [1.807, 2.05) is 13.0 Å². The zero-order valence-corrected chi connectivity index (χ0v) is 13.9. The molecule has 0 heterocycles. The van der Waals surface area contributed by atoms with Crippen LogP contribution >= 0.6 is 11.6 Å². The van der Waals surface area contributed by atoms with Crippen molar-refractivity contribution in [2.75, 3.05) is 11.9 Å². The van der Waals surface area contributed by atoms with Crippen molar-refractivity contribution in [2.45, 2.75) is 19.8 Å². The Hall–Kier alpha value is -2.60. The van der Waals surface area contributed by atoms with Gasteiger partial charge in [0.05, 0.1) is 11.5 Å². The van der Waals surface area contributed by atoms with E-state index < -0.39 is 4.92 Å². The number of nitro groups is 1. The molecular formula is C17H17ClN2O4. The molecule has 2 rings (SSSR count). The minimum Gasteiger partial charge on any atom is -0.494 e. The molecule has 2 aromatic rings. The molecule has 0 aliphatic rings. The number of rotatable bonds is 7. The number of ether oxygens (including phenoxy) is 1. The van der Waals surface area contributed by atoms with Gasteiger partial charge in [-0.1, -0.05) is 23.7 Å². The second-order valence-electron chi connectivity index (χ2n) is 5.19. The maximum Gasteiger partial charge on any atom is 0.292 e. The molecule has 0 radical (unpaired) electrons. The van der Waals surface area contributed by atoms with E-state index in [9.17, 15) is 14.9 Å². The minimum absolute atomic E-state index is 0.126. The summed E-state index contributed by atoms with van der Waals surface area (Å²) in [6.45, 7) is 2.25. The molecule has 0 spiro atoms. The molecule has 0 fully saturated rings. The fourth-order valence-corrected chi connectivity index (χ4v) is 2.20. The number of nitrogens with zero attached hydrogens (tertiary/aromatic N) is 1. The third kappa shape index (κ3) is 4.96. The highest BCUT2D eigenvalue weighted by molar-refractivity contribution is 6.31. The fraction of sp³-hybridized carbons (Fsp3) is 0.235. The van der Waals surface area contributed by atoms with Crippen LogP contribution in [0.3, 0.4) is 0 Å². The van der Waals surface area contributed by atoms with E-state index in [0.717, 1.165) is 5.56 Å². The number of nitrogens with one attached hydrogen (secondary N) is 1. The first kappa shape index (κ1) is 17.7. The summed E-state index contributed by atoms with van der Waals surface area (Å²) in [7, 11) is 0. The normalized spacial score (nSPS) is 10.2. The van der Waals surface area contributed by atoms with Crippen molar-refractivity contribution in [1.82, 2.24) is 0 Å². The van der Waals surface area contributed by atoms with Crippen LogP contribution in [0.4, 0.5) is 11.4 Å². The van der Waals surface area contributed by atoms with Crippen molar-refractivity contribution in [1.29, 1.82) is 0 Å². The van der Waals surface area contributed by atoms with Crippen LogP contribution in [0.5, 0.6) is 5.75 Å². The van der Waals surface area contributed by atoms with Crippen molar-refractivity contribution in [3.8, 4) is 5.75 Å². The van der Waals surface area contributed by atoms with Gasteiger partial charge < -0.3 is 10.1 Å². The number of anilines is 1. The second-order valence-corrected chi connectivity index (χ2v) is 5.59. The molecule has 2 aromatic carbocycles. The van der Waals surface area contributed by atoms with Gasteiger partial charge in [0.2, 0.25) is 5.91 Å². The Balaban J connectivity index is 1.79. The third-order valence-corrected chi connectivity index (χ3v) is 3.75. The Labute approximate surface area is 144 Å². The summed E-state index contributed by atoms with van der Waals surface area (Å²) in [6.07, 6.45) is 0.701. The van der Waals surface area contributed by atoms with Crippen molar-refractivity contribution in [2.24, 2.45) is 0 Å². The Bertz CT molecular complexity index is 749. The lowest BCUT2D eigenvalue weighted by Gasteiger charge is -2.08. The Morgan fingerprint density at radius 1 is 1.29 bits per heavy atom. The summed E-state index contributed by atoms with van der Waals surface area (Å²) < 4.78 is 5.56. The van der Waals surface area contributed by atoms with Crippen molar-refractivity contribution < 1.29 is 14.5 Å². The molecule has 24 heavy (non-hydrogen) atoms. The summed E-state index contributed by atoms with van der Waals surface area (Å²) in [5.74, 6) is 0.399. The summed E-state index contributed by atoms with van der Waals surface area (Å²) in [5.41, 5.74) is 0.990. The van der Waals surface area contributed by atoms with Crippen LogP contribution in [0.2, 0.25) is 5.02 Å². The molecule has 0 bridgehead atoms. The van der Waals surface area contributed by atoms with Crippen LogP contribution in [-0.2, 0) is 4.79 Å². The summed E-state index contributed by atoms with van der Waals surface area (Å²) in [4.78, 5) is 22.3. The topological polar surface area (TPSA) is 81.5 Å². The van der Waals surface area contributed by atoms with Gasteiger partial charge in [-0.15, -0.1) is 0 Å². The molecule has 6 nitrogen and oxygen atoms in total. The SMILES string of the molecule is Cc1cc(OCCCC(=O)Nc2ccccc2[N+](=O)[O-])ccc1Cl. The predicted molar refractivity (Wildman–Crippen MR) is 92.6 cm³/mol. The van der Waals surface area contributed by atoms with E-state index in [-0.39, 0.29) is 23.7 Å². The van der Waals surface area contributed by atoms with Gasteiger partial charge in [0.25, 0.3) is 5.69 Å². The maximum atomic E-state index is 11.9. The van der Waals surface area contributed by atoms with Crippen LogP contribution in [0.1, 0.15) is 18.4 Å². The van der Waals surface area contributed by atoms with Crippen LogP contribution in [0.25, 0.3) is 0 Å². The van der Waals surface area contributed by atoms with Crippen LogP contribution in [0.15, 0.2) is 42.5 Å². The van der Waals surface area contributed by atoms with Gasteiger partial charge in [0.15, 0.2) is 0 Å². The lowest BCUT2D eigenvalue weighted by Crippen LogP contribution is -2.13. The third-order valence-electron chi connectivity index (χ3n) is 3.32. The zero-order valence-electron chi connectivity index (χ0n) is 13.1. The molecule has 0 aliphatic carbocycles. The molecule has 1 amide bonds. The first-order valence-electron chi connectivity index (χ1n) is 7.39. The van der Waals surface area contributed by atoms with Gasteiger partial charge in [-0.3, -0.25) is 14.9 Å². The van der Waals surface area contributed by atoms with Gasteiger partial charge in [-0.25, -0.2) is 0 Å². The minimum atomic E-state index is -0.526. The van der Waals surface area contributed by atoms with E-state index in [4.69, 9.17) is 16.3 Å². The van der Waals surface area contributed by atoms with Crippen LogP contribution < -0.4 is 10.1 Å². The number of carbonyl (C=O) groups excluding carboxylic acids is 1. The lowest BCUT2D eigenvalue weighted by molar-refractivity contribution is -0.383. The van der Waals surface area contributed by atoms with Crippen molar-refractivity contribution in [3.63, 3.8) is 0 Å². The van der Waals surface area contributed by atoms with Crippen LogP contribution in [0, 0.1) is 17.0 Å². The average Bonchev–Trinajstić information content (AvgIpc) is 2.55. The van der Waals surface area contributed by atoms with E-state index >= 15 is 0 Å². The summed E-state index contributed by atoms with van der Waals surface area (Å²) in [5, 5.41) is 14.1. The van der Waals surface area contributed by atoms with Gasteiger partial charge in [-0.2, -0.15) is 0 Å². The highest BCUT2D eigenvalue weighted by atomic mass is 35.5. The molecule has 126 valence electrons. The summed E-state index contributed by atoms with van der Waals surface area (Å²) in [6, 6.07) is 11.4. The molecule has 7 heteroatoms. The van der Waals surface area contributed by atoms with Crippen molar-refractivity contribution >= 4 is 28.9 Å². The largest absolute Gasteiger partial charge is 0.494 e. The zero-order chi connectivity index (χ0) is 17.5. The average molecular weight is 349 g/mol. The van der Waals surface area contributed by atoms with Crippen molar-refractivity contribution in [3.05, 3.63) is 63.2 Å².